The van der Waals surface area contributed by atoms with Crippen LogP contribution >= 0.6 is 23.2 Å². The van der Waals surface area contributed by atoms with Gasteiger partial charge in [-0.05, 0) is 42.3 Å². The van der Waals surface area contributed by atoms with Crippen LogP contribution < -0.4 is 5.73 Å². The van der Waals surface area contributed by atoms with Crippen molar-refractivity contribution in [1.82, 2.24) is 0 Å². The van der Waals surface area contributed by atoms with Gasteiger partial charge in [0.05, 0.1) is 0 Å². The summed E-state index contributed by atoms with van der Waals surface area (Å²) in [5.41, 5.74) is 8.79. The summed E-state index contributed by atoms with van der Waals surface area (Å²) in [5.74, 6) is 0. The zero-order valence-corrected chi connectivity index (χ0v) is 10.8. The first kappa shape index (κ1) is 12.4. The minimum absolute atomic E-state index is 0.646. The van der Waals surface area contributed by atoms with E-state index in [0.717, 1.165) is 17.5 Å². The Labute approximate surface area is 111 Å². The van der Waals surface area contributed by atoms with Gasteiger partial charge in [0.25, 0.3) is 0 Å². The van der Waals surface area contributed by atoms with Crippen LogP contribution in [-0.4, -0.2) is 6.54 Å². The molecule has 88 valence electrons. The Bertz CT molecular complexity index is 523. The monoisotopic (exact) mass is 265 g/mol. The number of nitrogens with two attached hydrogens (primary N) is 1. The molecule has 1 nitrogen and oxygen atoms in total. The van der Waals surface area contributed by atoms with Gasteiger partial charge in [0.2, 0.25) is 0 Å². The normalized spacial score (nSPS) is 10.5. The molecule has 2 rings (SSSR count). The molecule has 0 bridgehead atoms. The van der Waals surface area contributed by atoms with Crippen molar-refractivity contribution in [2.24, 2.45) is 5.73 Å². The number of rotatable bonds is 3. The van der Waals surface area contributed by atoms with Crippen molar-refractivity contribution in [3.63, 3.8) is 0 Å². The van der Waals surface area contributed by atoms with Crippen molar-refractivity contribution in [3.05, 3.63) is 58.1 Å². The highest BCUT2D eigenvalue weighted by Gasteiger charge is 2.05. The van der Waals surface area contributed by atoms with Crippen LogP contribution in [0.15, 0.2) is 42.5 Å². The molecule has 0 aromatic heterocycles. The summed E-state index contributed by atoms with van der Waals surface area (Å²) in [6, 6.07) is 13.7. The van der Waals surface area contributed by atoms with E-state index < -0.39 is 0 Å². The zero-order valence-electron chi connectivity index (χ0n) is 9.29. The molecule has 0 aliphatic heterocycles. The van der Waals surface area contributed by atoms with E-state index >= 15 is 0 Å². The van der Waals surface area contributed by atoms with Gasteiger partial charge < -0.3 is 5.73 Å². The highest BCUT2D eigenvalue weighted by molar-refractivity contribution is 6.35. The molecule has 0 radical (unpaired) electrons. The molecular weight excluding hydrogens is 253 g/mol. The summed E-state index contributed by atoms with van der Waals surface area (Å²) in [7, 11) is 0. The van der Waals surface area contributed by atoms with Crippen molar-refractivity contribution < 1.29 is 0 Å². The number of hydrogen-bond acceptors (Lipinski definition) is 1. The van der Waals surface area contributed by atoms with Gasteiger partial charge in [-0.15, -0.1) is 0 Å². The van der Waals surface area contributed by atoms with E-state index in [0.29, 0.717) is 16.6 Å². The topological polar surface area (TPSA) is 26.0 Å². The van der Waals surface area contributed by atoms with Crippen molar-refractivity contribution >= 4 is 23.2 Å². The molecule has 0 aliphatic carbocycles. The summed E-state index contributed by atoms with van der Waals surface area (Å²) in [6.45, 7) is 0.646. The fraction of sp³-hybridized carbons (Fsp3) is 0.143. The third kappa shape index (κ3) is 3.01. The fourth-order valence-corrected chi connectivity index (χ4v) is 2.18. The minimum Gasteiger partial charge on any atom is -0.330 e. The largest absolute Gasteiger partial charge is 0.330 e. The first-order valence-electron chi connectivity index (χ1n) is 5.45. The lowest BCUT2D eigenvalue weighted by atomic mass is 10.0. The van der Waals surface area contributed by atoms with Crippen LogP contribution in [0.4, 0.5) is 0 Å². The average Bonchev–Trinajstić information content (AvgIpc) is 2.33. The van der Waals surface area contributed by atoms with E-state index in [-0.39, 0.29) is 0 Å². The summed E-state index contributed by atoms with van der Waals surface area (Å²) in [5, 5.41) is 1.40. The molecule has 2 aromatic carbocycles. The fourth-order valence-electron chi connectivity index (χ4n) is 1.78. The quantitative estimate of drug-likeness (QED) is 0.886. The molecule has 0 fully saturated rings. The van der Waals surface area contributed by atoms with Crippen molar-refractivity contribution in [2.75, 3.05) is 6.54 Å². The SMILES string of the molecule is NCCc1cccc(-c2cc(Cl)ccc2Cl)c1. The van der Waals surface area contributed by atoms with E-state index in [4.69, 9.17) is 28.9 Å². The summed E-state index contributed by atoms with van der Waals surface area (Å²) in [6.07, 6.45) is 0.867. The van der Waals surface area contributed by atoms with Gasteiger partial charge in [0, 0.05) is 15.6 Å². The predicted octanol–water partition coefficient (Wildman–Crippen LogP) is 4.16. The average molecular weight is 266 g/mol. The Hall–Kier alpha value is -1.02. The predicted molar refractivity (Wildman–Crippen MR) is 74.7 cm³/mol. The molecule has 2 N–H and O–H groups in total. The van der Waals surface area contributed by atoms with Gasteiger partial charge in [0.15, 0.2) is 0 Å². The van der Waals surface area contributed by atoms with Gasteiger partial charge in [0.1, 0.15) is 0 Å². The van der Waals surface area contributed by atoms with Crippen LogP contribution in [0, 0.1) is 0 Å². The lowest BCUT2D eigenvalue weighted by Crippen LogP contribution is -2.02. The summed E-state index contributed by atoms with van der Waals surface area (Å²) < 4.78 is 0. The lowest BCUT2D eigenvalue weighted by Gasteiger charge is -2.07. The Kier molecular flexibility index (Phi) is 4.06. The van der Waals surface area contributed by atoms with Gasteiger partial charge in [-0.2, -0.15) is 0 Å². The Morgan fingerprint density at radius 2 is 1.82 bits per heavy atom. The van der Waals surface area contributed by atoms with E-state index in [1.54, 1.807) is 6.07 Å². The standard InChI is InChI=1S/C14H13Cl2N/c15-12-4-5-14(16)13(9-12)11-3-1-2-10(8-11)6-7-17/h1-5,8-9H,6-7,17H2. The van der Waals surface area contributed by atoms with Crippen LogP contribution in [0.1, 0.15) is 5.56 Å². The van der Waals surface area contributed by atoms with Crippen LogP contribution in [0.2, 0.25) is 10.0 Å². The Morgan fingerprint density at radius 1 is 1.00 bits per heavy atom. The van der Waals surface area contributed by atoms with Gasteiger partial charge in [-0.25, -0.2) is 0 Å². The molecular formula is C14H13Cl2N. The molecule has 0 amide bonds. The van der Waals surface area contributed by atoms with Gasteiger partial charge >= 0.3 is 0 Å². The van der Waals surface area contributed by atoms with Crippen molar-refractivity contribution in [1.29, 1.82) is 0 Å². The second-order valence-electron chi connectivity index (χ2n) is 3.86. The molecule has 17 heavy (non-hydrogen) atoms. The molecule has 3 heteroatoms. The van der Waals surface area contributed by atoms with E-state index in [1.807, 2.05) is 24.3 Å². The van der Waals surface area contributed by atoms with E-state index in [9.17, 15) is 0 Å². The van der Waals surface area contributed by atoms with E-state index in [1.165, 1.54) is 5.56 Å². The molecule has 0 saturated heterocycles. The third-order valence-electron chi connectivity index (χ3n) is 2.60. The Morgan fingerprint density at radius 3 is 2.59 bits per heavy atom. The Balaban J connectivity index is 2.45. The number of halogens is 2. The van der Waals surface area contributed by atoms with Crippen LogP contribution in [0.3, 0.4) is 0 Å². The maximum atomic E-state index is 6.18. The second kappa shape index (κ2) is 5.54. The van der Waals surface area contributed by atoms with Crippen LogP contribution in [-0.2, 0) is 6.42 Å². The first-order chi connectivity index (χ1) is 8.20. The minimum atomic E-state index is 0.646. The van der Waals surface area contributed by atoms with Crippen LogP contribution in [0.25, 0.3) is 11.1 Å². The zero-order chi connectivity index (χ0) is 12.3. The lowest BCUT2D eigenvalue weighted by molar-refractivity contribution is 0.969. The van der Waals surface area contributed by atoms with Gasteiger partial charge in [-0.3, -0.25) is 0 Å². The highest BCUT2D eigenvalue weighted by Crippen LogP contribution is 2.30. The van der Waals surface area contributed by atoms with Crippen LogP contribution in [0.5, 0.6) is 0 Å². The maximum absolute atomic E-state index is 6.18. The number of benzene rings is 2. The maximum Gasteiger partial charge on any atom is 0.0485 e. The molecule has 0 atom stereocenters. The summed E-state index contributed by atoms with van der Waals surface area (Å²) in [4.78, 5) is 0. The second-order valence-corrected chi connectivity index (χ2v) is 4.71. The highest BCUT2D eigenvalue weighted by atomic mass is 35.5. The van der Waals surface area contributed by atoms with E-state index in [2.05, 4.69) is 12.1 Å². The molecule has 2 aromatic rings. The molecule has 0 aliphatic rings. The van der Waals surface area contributed by atoms with Gasteiger partial charge in [-0.1, -0.05) is 47.5 Å². The smallest absolute Gasteiger partial charge is 0.0485 e. The first-order valence-corrected chi connectivity index (χ1v) is 6.21. The third-order valence-corrected chi connectivity index (χ3v) is 3.16. The summed E-state index contributed by atoms with van der Waals surface area (Å²) >= 11 is 12.2. The number of hydrogen-bond donors (Lipinski definition) is 1. The molecule has 0 spiro atoms. The molecule has 0 unspecified atom stereocenters. The molecule has 0 saturated carbocycles. The molecule has 0 heterocycles. The van der Waals surface area contributed by atoms with Crippen molar-refractivity contribution in [3.8, 4) is 11.1 Å². The van der Waals surface area contributed by atoms with Crippen molar-refractivity contribution in [2.45, 2.75) is 6.42 Å².